The zero-order valence-electron chi connectivity index (χ0n) is 14.5. The van der Waals surface area contributed by atoms with Crippen molar-refractivity contribution in [1.29, 1.82) is 0 Å². The number of anilines is 1. The highest BCUT2D eigenvalue weighted by atomic mass is 16.2. The Balaban J connectivity index is 1.33. The third-order valence-electron chi connectivity index (χ3n) is 5.25. The number of nitrogens with one attached hydrogen (secondary N) is 1. The number of amides is 1. The highest BCUT2D eigenvalue weighted by molar-refractivity contribution is 5.76. The standard InChI is InChI=1S/C19H25N5O/c25-18(13-23-9-3-4-10-23)22-15-7-11-24(12-8-15)19-16-5-1-2-6-17(16)20-14-21-19/h3-4,9-10,14-15H,1-2,5-8,11-13H2,(H,22,25). The first-order valence-corrected chi connectivity index (χ1v) is 9.27. The minimum absolute atomic E-state index is 0.0917. The number of nitrogens with zero attached hydrogens (tertiary/aromatic N) is 4. The van der Waals surface area contributed by atoms with Gasteiger partial charge in [-0.1, -0.05) is 0 Å². The van der Waals surface area contributed by atoms with E-state index in [1.807, 2.05) is 29.1 Å². The van der Waals surface area contributed by atoms with Gasteiger partial charge in [-0.25, -0.2) is 9.97 Å². The second-order valence-corrected chi connectivity index (χ2v) is 7.01. The topological polar surface area (TPSA) is 63.1 Å². The van der Waals surface area contributed by atoms with Crippen molar-refractivity contribution < 1.29 is 4.79 Å². The van der Waals surface area contributed by atoms with Crippen LogP contribution in [0.15, 0.2) is 30.9 Å². The zero-order valence-corrected chi connectivity index (χ0v) is 14.5. The summed E-state index contributed by atoms with van der Waals surface area (Å²) in [5.74, 6) is 1.22. The van der Waals surface area contributed by atoms with Crippen LogP contribution in [-0.2, 0) is 24.2 Å². The Labute approximate surface area is 148 Å². The number of aromatic nitrogens is 3. The van der Waals surface area contributed by atoms with Crippen molar-refractivity contribution in [3.8, 4) is 0 Å². The maximum atomic E-state index is 12.2. The molecule has 0 radical (unpaired) electrons. The van der Waals surface area contributed by atoms with Crippen molar-refractivity contribution in [2.45, 2.75) is 51.1 Å². The summed E-state index contributed by atoms with van der Waals surface area (Å²) in [4.78, 5) is 23.6. The van der Waals surface area contributed by atoms with Gasteiger partial charge in [-0.05, 0) is 50.7 Å². The monoisotopic (exact) mass is 339 g/mol. The summed E-state index contributed by atoms with van der Waals surface area (Å²) >= 11 is 0. The molecule has 0 spiro atoms. The fourth-order valence-electron chi connectivity index (χ4n) is 3.93. The molecule has 1 saturated heterocycles. The summed E-state index contributed by atoms with van der Waals surface area (Å²) in [7, 11) is 0. The van der Waals surface area contributed by atoms with E-state index in [2.05, 4.69) is 20.2 Å². The van der Waals surface area contributed by atoms with E-state index < -0.39 is 0 Å². The number of fused-ring (bicyclic) bond motifs is 1. The van der Waals surface area contributed by atoms with Crippen LogP contribution in [-0.4, -0.2) is 39.6 Å². The summed E-state index contributed by atoms with van der Waals surface area (Å²) in [5, 5.41) is 3.17. The number of aryl methyl sites for hydroxylation is 1. The third-order valence-corrected chi connectivity index (χ3v) is 5.25. The fraction of sp³-hybridized carbons (Fsp3) is 0.526. The average molecular weight is 339 g/mol. The van der Waals surface area contributed by atoms with E-state index >= 15 is 0 Å². The van der Waals surface area contributed by atoms with Gasteiger partial charge in [0.2, 0.25) is 5.91 Å². The molecule has 2 aromatic rings. The molecule has 3 heterocycles. The van der Waals surface area contributed by atoms with Gasteiger partial charge in [0.15, 0.2) is 0 Å². The number of piperidine rings is 1. The predicted octanol–water partition coefficient (Wildman–Crippen LogP) is 1.94. The lowest BCUT2D eigenvalue weighted by molar-refractivity contribution is -0.122. The van der Waals surface area contributed by atoms with Crippen molar-refractivity contribution >= 4 is 11.7 Å². The predicted molar refractivity (Wildman–Crippen MR) is 96.5 cm³/mol. The maximum absolute atomic E-state index is 12.2. The van der Waals surface area contributed by atoms with Gasteiger partial charge >= 0.3 is 0 Å². The fourth-order valence-corrected chi connectivity index (χ4v) is 3.93. The van der Waals surface area contributed by atoms with Crippen molar-refractivity contribution in [3.63, 3.8) is 0 Å². The summed E-state index contributed by atoms with van der Waals surface area (Å²) in [6, 6.07) is 4.14. The Bertz CT molecular complexity index is 719. The molecule has 0 saturated carbocycles. The lowest BCUT2D eigenvalue weighted by Crippen LogP contribution is -2.46. The normalized spacial score (nSPS) is 18.0. The minimum Gasteiger partial charge on any atom is -0.356 e. The van der Waals surface area contributed by atoms with E-state index in [1.165, 1.54) is 24.1 Å². The van der Waals surface area contributed by atoms with Crippen LogP contribution in [0.4, 0.5) is 5.82 Å². The molecule has 0 atom stereocenters. The molecule has 1 fully saturated rings. The lowest BCUT2D eigenvalue weighted by atomic mass is 9.95. The second-order valence-electron chi connectivity index (χ2n) is 7.01. The van der Waals surface area contributed by atoms with Gasteiger partial charge in [-0.15, -0.1) is 0 Å². The van der Waals surface area contributed by atoms with Gasteiger partial charge in [0.25, 0.3) is 0 Å². The summed E-state index contributed by atoms with van der Waals surface area (Å²) in [5.41, 5.74) is 2.59. The molecule has 1 amide bonds. The van der Waals surface area contributed by atoms with E-state index in [9.17, 15) is 4.79 Å². The van der Waals surface area contributed by atoms with Crippen LogP contribution in [0.5, 0.6) is 0 Å². The van der Waals surface area contributed by atoms with Gasteiger partial charge in [0.05, 0.1) is 0 Å². The molecule has 1 aliphatic heterocycles. The van der Waals surface area contributed by atoms with Crippen molar-refractivity contribution in [3.05, 3.63) is 42.1 Å². The number of rotatable bonds is 4. The summed E-state index contributed by atoms with van der Waals surface area (Å²) in [6.07, 6.45) is 12.1. The van der Waals surface area contributed by atoms with Gasteiger partial charge in [0.1, 0.15) is 18.7 Å². The Hall–Kier alpha value is -2.37. The molecule has 132 valence electrons. The van der Waals surface area contributed by atoms with Crippen LogP contribution in [0.1, 0.15) is 36.9 Å². The Morgan fingerprint density at radius 2 is 1.88 bits per heavy atom. The Morgan fingerprint density at radius 3 is 2.68 bits per heavy atom. The highest BCUT2D eigenvalue weighted by Gasteiger charge is 2.25. The van der Waals surface area contributed by atoms with E-state index in [1.54, 1.807) is 6.33 Å². The van der Waals surface area contributed by atoms with Crippen molar-refractivity contribution in [2.24, 2.45) is 0 Å². The van der Waals surface area contributed by atoms with Crippen LogP contribution >= 0.6 is 0 Å². The second kappa shape index (κ2) is 7.25. The summed E-state index contributed by atoms with van der Waals surface area (Å²) < 4.78 is 1.90. The van der Waals surface area contributed by atoms with Crippen LogP contribution in [0.3, 0.4) is 0 Å². The van der Waals surface area contributed by atoms with Crippen LogP contribution < -0.4 is 10.2 Å². The first-order valence-electron chi connectivity index (χ1n) is 9.27. The molecule has 2 aliphatic rings. The minimum atomic E-state index is 0.0917. The molecular weight excluding hydrogens is 314 g/mol. The van der Waals surface area contributed by atoms with Gasteiger partial charge < -0.3 is 14.8 Å². The molecule has 0 bridgehead atoms. The van der Waals surface area contributed by atoms with Gasteiger partial charge in [0, 0.05) is 42.8 Å². The molecule has 2 aromatic heterocycles. The first-order chi connectivity index (χ1) is 12.3. The number of carbonyl (C=O) groups is 1. The molecule has 0 aromatic carbocycles. The average Bonchev–Trinajstić information content (AvgIpc) is 3.15. The third kappa shape index (κ3) is 3.67. The SMILES string of the molecule is O=C(Cn1cccc1)NC1CCN(c2ncnc3c2CCCC3)CC1. The Kier molecular flexibility index (Phi) is 4.68. The quantitative estimate of drug-likeness (QED) is 0.925. The smallest absolute Gasteiger partial charge is 0.240 e. The molecule has 1 aliphatic carbocycles. The molecule has 4 rings (SSSR count). The highest BCUT2D eigenvalue weighted by Crippen LogP contribution is 2.28. The van der Waals surface area contributed by atoms with Gasteiger partial charge in [-0.2, -0.15) is 0 Å². The molecule has 0 unspecified atom stereocenters. The van der Waals surface area contributed by atoms with Crippen LogP contribution in [0.2, 0.25) is 0 Å². The van der Waals surface area contributed by atoms with E-state index in [0.29, 0.717) is 6.54 Å². The van der Waals surface area contributed by atoms with E-state index in [4.69, 9.17) is 0 Å². The summed E-state index contributed by atoms with van der Waals surface area (Å²) in [6.45, 7) is 2.28. The van der Waals surface area contributed by atoms with Crippen LogP contribution in [0.25, 0.3) is 0 Å². The molecular formula is C19H25N5O. The number of hydrogen-bond acceptors (Lipinski definition) is 4. The van der Waals surface area contributed by atoms with Gasteiger partial charge in [-0.3, -0.25) is 4.79 Å². The first kappa shape index (κ1) is 16.1. The van der Waals surface area contributed by atoms with Crippen molar-refractivity contribution in [2.75, 3.05) is 18.0 Å². The number of hydrogen-bond donors (Lipinski definition) is 1. The van der Waals surface area contributed by atoms with E-state index in [-0.39, 0.29) is 11.9 Å². The maximum Gasteiger partial charge on any atom is 0.240 e. The number of carbonyl (C=O) groups excluding carboxylic acids is 1. The zero-order chi connectivity index (χ0) is 17.1. The molecule has 25 heavy (non-hydrogen) atoms. The van der Waals surface area contributed by atoms with Crippen molar-refractivity contribution in [1.82, 2.24) is 19.9 Å². The molecule has 6 heteroatoms. The molecule has 1 N–H and O–H groups in total. The lowest BCUT2D eigenvalue weighted by Gasteiger charge is -2.35. The Morgan fingerprint density at radius 1 is 1.12 bits per heavy atom. The molecule has 6 nitrogen and oxygen atoms in total. The van der Waals surface area contributed by atoms with E-state index in [0.717, 1.165) is 44.6 Å². The van der Waals surface area contributed by atoms with Crippen LogP contribution in [0, 0.1) is 0 Å². The largest absolute Gasteiger partial charge is 0.356 e.